The minimum atomic E-state index is -1.37. The largest absolute Gasteiger partial charge is 0.344 e. The predicted octanol–water partition coefficient (Wildman–Crippen LogP) is 1.57. The lowest BCUT2D eigenvalue weighted by atomic mass is 9.75. The van der Waals surface area contributed by atoms with Gasteiger partial charge in [-0.3, -0.25) is 19.3 Å². The van der Waals surface area contributed by atoms with Crippen LogP contribution in [-0.2, 0) is 19.8 Å². The molecule has 0 aromatic heterocycles. The third-order valence-corrected chi connectivity index (χ3v) is 6.08. The van der Waals surface area contributed by atoms with Crippen LogP contribution in [0, 0.1) is 5.82 Å². The van der Waals surface area contributed by atoms with Crippen molar-refractivity contribution in [1.82, 2.24) is 19.6 Å². The number of imide groups is 1. The number of amides is 3. The topological polar surface area (TPSA) is 64.2 Å². The second-order valence-electron chi connectivity index (χ2n) is 8.44. The van der Waals surface area contributed by atoms with Crippen molar-refractivity contribution < 1.29 is 18.8 Å². The first-order valence-corrected chi connectivity index (χ1v) is 10.9. The average Bonchev–Trinajstić information content (AvgIpc) is 2.97. The summed E-state index contributed by atoms with van der Waals surface area (Å²) < 4.78 is 14.0. The molecule has 1 aliphatic rings. The summed E-state index contributed by atoms with van der Waals surface area (Å²) in [7, 11) is 5.43. The lowest BCUT2D eigenvalue weighted by molar-refractivity contribution is -0.142. The van der Waals surface area contributed by atoms with Crippen LogP contribution < -0.4 is 0 Å². The number of hydrogen-bond acceptors (Lipinski definition) is 5. The molecule has 2 rings (SSSR count). The smallest absolute Gasteiger partial charge is 0.240 e. The first-order chi connectivity index (χ1) is 14.6. The number of nitrogens with zero attached hydrogens (tertiary/aromatic N) is 4. The zero-order chi connectivity index (χ0) is 23.2. The SMILES string of the molecule is CCN(CC)CCN(C)C(=O)CC1(c2cccc(F)c2)CC(=O)N(CCN(C)C)C1=O. The lowest BCUT2D eigenvalue weighted by Crippen LogP contribution is -2.45. The van der Waals surface area contributed by atoms with Crippen LogP contribution in [0.1, 0.15) is 32.3 Å². The van der Waals surface area contributed by atoms with Gasteiger partial charge in [-0.25, -0.2) is 4.39 Å². The van der Waals surface area contributed by atoms with Crippen LogP contribution in [-0.4, -0.2) is 97.7 Å². The summed E-state index contributed by atoms with van der Waals surface area (Å²) in [6, 6.07) is 5.71. The van der Waals surface area contributed by atoms with Crippen LogP contribution in [0.3, 0.4) is 0 Å². The van der Waals surface area contributed by atoms with E-state index in [4.69, 9.17) is 0 Å². The number of rotatable bonds is 11. The number of hydrogen-bond donors (Lipinski definition) is 0. The number of carbonyl (C=O) groups is 3. The molecule has 1 atom stereocenters. The van der Waals surface area contributed by atoms with Crippen molar-refractivity contribution in [3.8, 4) is 0 Å². The Morgan fingerprint density at radius 2 is 1.77 bits per heavy atom. The van der Waals surface area contributed by atoms with Crippen LogP contribution in [0.5, 0.6) is 0 Å². The summed E-state index contributed by atoms with van der Waals surface area (Å²) >= 11 is 0. The fourth-order valence-corrected chi connectivity index (χ4v) is 3.93. The summed E-state index contributed by atoms with van der Waals surface area (Å²) in [6.07, 6.45) is -0.285. The molecule has 31 heavy (non-hydrogen) atoms. The van der Waals surface area contributed by atoms with Gasteiger partial charge in [-0.15, -0.1) is 0 Å². The second kappa shape index (κ2) is 10.8. The van der Waals surface area contributed by atoms with Crippen molar-refractivity contribution in [1.29, 1.82) is 0 Å². The quantitative estimate of drug-likeness (QED) is 0.495. The Morgan fingerprint density at radius 3 is 2.35 bits per heavy atom. The molecule has 0 spiro atoms. The van der Waals surface area contributed by atoms with Crippen molar-refractivity contribution in [2.45, 2.75) is 32.1 Å². The van der Waals surface area contributed by atoms with E-state index in [-0.39, 0.29) is 31.2 Å². The van der Waals surface area contributed by atoms with E-state index >= 15 is 0 Å². The zero-order valence-corrected chi connectivity index (χ0v) is 19.4. The molecule has 8 heteroatoms. The monoisotopic (exact) mass is 434 g/mol. The van der Waals surface area contributed by atoms with Crippen LogP contribution >= 0.6 is 0 Å². The lowest BCUT2D eigenvalue weighted by Gasteiger charge is -2.30. The third kappa shape index (κ3) is 5.89. The molecular formula is C23H35FN4O3. The van der Waals surface area contributed by atoms with E-state index in [1.54, 1.807) is 18.0 Å². The van der Waals surface area contributed by atoms with Gasteiger partial charge in [0.15, 0.2) is 0 Å². The van der Waals surface area contributed by atoms with Crippen LogP contribution in [0.2, 0.25) is 0 Å². The van der Waals surface area contributed by atoms with Gasteiger partial charge in [-0.2, -0.15) is 0 Å². The molecule has 7 nitrogen and oxygen atoms in total. The normalized spacial score (nSPS) is 19.0. The standard InChI is InChI=1S/C23H35FN4O3/c1-6-27(7-2)13-12-26(5)20(29)16-23(18-9-8-10-19(24)15-18)17-21(30)28(22(23)31)14-11-25(3)4/h8-10,15H,6-7,11-14,16-17H2,1-5H3. The Kier molecular flexibility index (Phi) is 8.70. The van der Waals surface area contributed by atoms with Crippen molar-refractivity contribution in [3.05, 3.63) is 35.6 Å². The summed E-state index contributed by atoms with van der Waals surface area (Å²) in [6.45, 7) is 7.92. The average molecular weight is 435 g/mol. The molecule has 172 valence electrons. The molecule has 3 amide bonds. The molecule has 1 aromatic rings. The van der Waals surface area contributed by atoms with Gasteiger partial charge in [0.25, 0.3) is 0 Å². The van der Waals surface area contributed by atoms with Gasteiger partial charge in [0.2, 0.25) is 17.7 Å². The Morgan fingerprint density at radius 1 is 1.10 bits per heavy atom. The van der Waals surface area contributed by atoms with Crippen molar-refractivity contribution in [2.24, 2.45) is 0 Å². The maximum absolute atomic E-state index is 14.0. The number of halogens is 1. The van der Waals surface area contributed by atoms with Gasteiger partial charge in [0.05, 0.1) is 5.41 Å². The molecule has 1 aliphatic heterocycles. The first kappa shape index (κ1) is 24.9. The molecule has 1 saturated heterocycles. The molecule has 0 radical (unpaired) electrons. The molecule has 1 aromatic carbocycles. The molecule has 0 saturated carbocycles. The fourth-order valence-electron chi connectivity index (χ4n) is 3.93. The van der Waals surface area contributed by atoms with E-state index in [9.17, 15) is 18.8 Å². The van der Waals surface area contributed by atoms with Crippen molar-refractivity contribution in [2.75, 3.05) is 60.4 Å². The fraction of sp³-hybridized carbons (Fsp3) is 0.609. The van der Waals surface area contributed by atoms with E-state index in [0.717, 1.165) is 19.6 Å². The van der Waals surface area contributed by atoms with E-state index in [1.807, 2.05) is 19.0 Å². The van der Waals surface area contributed by atoms with E-state index < -0.39 is 17.1 Å². The highest BCUT2D eigenvalue weighted by Gasteiger charge is 2.53. The maximum atomic E-state index is 14.0. The molecule has 1 unspecified atom stereocenters. The van der Waals surface area contributed by atoms with Gasteiger partial charge in [-0.1, -0.05) is 26.0 Å². The van der Waals surface area contributed by atoms with Crippen molar-refractivity contribution >= 4 is 17.7 Å². The van der Waals surface area contributed by atoms with Gasteiger partial charge < -0.3 is 14.7 Å². The Balaban J connectivity index is 2.29. The minimum absolute atomic E-state index is 0.127. The number of carbonyl (C=O) groups excluding carboxylic acids is 3. The Hall–Kier alpha value is -2.32. The van der Waals surface area contributed by atoms with Gasteiger partial charge in [0.1, 0.15) is 5.82 Å². The molecule has 0 N–H and O–H groups in total. The van der Waals surface area contributed by atoms with Gasteiger partial charge in [-0.05, 0) is 44.9 Å². The van der Waals surface area contributed by atoms with Gasteiger partial charge >= 0.3 is 0 Å². The van der Waals surface area contributed by atoms with E-state index in [2.05, 4.69) is 18.7 Å². The molecular weight excluding hydrogens is 399 g/mol. The number of likely N-dealkylation sites (tertiary alicyclic amines) is 1. The highest BCUT2D eigenvalue weighted by molar-refractivity contribution is 6.10. The third-order valence-electron chi connectivity index (χ3n) is 6.08. The van der Waals surface area contributed by atoms with Crippen LogP contribution in [0.15, 0.2) is 24.3 Å². The predicted molar refractivity (Wildman–Crippen MR) is 118 cm³/mol. The Bertz CT molecular complexity index is 797. The van der Waals surface area contributed by atoms with E-state index in [1.165, 1.54) is 23.1 Å². The highest BCUT2D eigenvalue weighted by Crippen LogP contribution is 2.40. The van der Waals surface area contributed by atoms with E-state index in [0.29, 0.717) is 18.7 Å². The molecule has 0 aliphatic carbocycles. The summed E-state index contributed by atoms with van der Waals surface area (Å²) in [5.74, 6) is -1.47. The Labute approximate surface area is 184 Å². The molecule has 0 bridgehead atoms. The summed E-state index contributed by atoms with van der Waals surface area (Å²) in [5.41, 5.74) is -0.991. The number of likely N-dealkylation sites (N-methyl/N-ethyl adjacent to an activating group) is 3. The maximum Gasteiger partial charge on any atom is 0.240 e. The molecule has 1 heterocycles. The second-order valence-corrected chi connectivity index (χ2v) is 8.44. The van der Waals surface area contributed by atoms with Gasteiger partial charge in [0, 0.05) is 46.1 Å². The summed E-state index contributed by atoms with van der Waals surface area (Å²) in [5, 5.41) is 0. The number of benzene rings is 1. The van der Waals surface area contributed by atoms with Crippen LogP contribution in [0.25, 0.3) is 0 Å². The minimum Gasteiger partial charge on any atom is -0.344 e. The zero-order valence-electron chi connectivity index (χ0n) is 19.4. The van der Waals surface area contributed by atoms with Crippen molar-refractivity contribution in [3.63, 3.8) is 0 Å². The summed E-state index contributed by atoms with van der Waals surface area (Å²) in [4.78, 5) is 46.2. The first-order valence-electron chi connectivity index (χ1n) is 10.9. The van der Waals surface area contributed by atoms with Crippen LogP contribution in [0.4, 0.5) is 4.39 Å². The molecule has 1 fully saturated rings. The highest BCUT2D eigenvalue weighted by atomic mass is 19.1.